The Labute approximate surface area is 156 Å². The average Bonchev–Trinajstić information content (AvgIpc) is 2.95. The third-order valence-electron chi connectivity index (χ3n) is 4.51. The minimum atomic E-state index is -0.230. The molecule has 0 unspecified atom stereocenters. The van der Waals surface area contributed by atoms with Crippen LogP contribution in [0.15, 0.2) is 48.7 Å². The molecule has 2 aromatic carbocycles. The van der Waals surface area contributed by atoms with Crippen LogP contribution >= 0.6 is 0 Å². The molecule has 6 nitrogen and oxygen atoms in total. The molecular weight excluding hydrogens is 340 g/mol. The number of rotatable bonds is 4. The fourth-order valence-corrected chi connectivity index (χ4v) is 3.25. The molecule has 4 rings (SSSR count). The number of nitrogens with zero attached hydrogens (tertiary/aromatic N) is 3. The van der Waals surface area contributed by atoms with Crippen LogP contribution in [-0.2, 0) is 7.05 Å². The molecule has 6 heteroatoms. The van der Waals surface area contributed by atoms with Crippen LogP contribution in [0.25, 0.3) is 21.8 Å². The van der Waals surface area contributed by atoms with Gasteiger partial charge in [0, 0.05) is 12.4 Å². The van der Waals surface area contributed by atoms with E-state index in [2.05, 4.69) is 15.4 Å². The molecule has 27 heavy (non-hydrogen) atoms. The quantitative estimate of drug-likeness (QED) is 0.595. The second-order valence-electron chi connectivity index (χ2n) is 6.39. The van der Waals surface area contributed by atoms with Gasteiger partial charge in [0.1, 0.15) is 5.75 Å². The first-order valence-electron chi connectivity index (χ1n) is 8.83. The van der Waals surface area contributed by atoms with Gasteiger partial charge in [0.2, 0.25) is 0 Å². The molecule has 0 fully saturated rings. The SMILES string of the molecule is CCOc1cc2ccccc2cc1C(=O)Nc1cnc2c(c1)c(C)nn2C. The second-order valence-corrected chi connectivity index (χ2v) is 6.39. The largest absolute Gasteiger partial charge is 0.493 e. The predicted octanol–water partition coefficient (Wildman–Crippen LogP) is 4.08. The number of pyridine rings is 1. The first-order valence-corrected chi connectivity index (χ1v) is 8.83. The first kappa shape index (κ1) is 17.0. The van der Waals surface area contributed by atoms with Crippen molar-refractivity contribution in [3.05, 3.63) is 59.9 Å². The van der Waals surface area contributed by atoms with Gasteiger partial charge in [-0.3, -0.25) is 9.48 Å². The van der Waals surface area contributed by atoms with E-state index in [1.54, 1.807) is 10.9 Å². The number of amides is 1. The highest BCUT2D eigenvalue weighted by atomic mass is 16.5. The van der Waals surface area contributed by atoms with Crippen LogP contribution < -0.4 is 10.1 Å². The third kappa shape index (κ3) is 3.10. The van der Waals surface area contributed by atoms with E-state index < -0.39 is 0 Å². The summed E-state index contributed by atoms with van der Waals surface area (Å²) in [6.07, 6.45) is 1.64. The van der Waals surface area contributed by atoms with E-state index >= 15 is 0 Å². The van der Waals surface area contributed by atoms with Crippen molar-refractivity contribution in [2.45, 2.75) is 13.8 Å². The fourth-order valence-electron chi connectivity index (χ4n) is 3.25. The molecule has 0 radical (unpaired) electrons. The third-order valence-corrected chi connectivity index (χ3v) is 4.51. The van der Waals surface area contributed by atoms with E-state index in [0.717, 1.165) is 27.5 Å². The number of nitrogens with one attached hydrogen (secondary N) is 1. The Morgan fingerprint density at radius 3 is 2.67 bits per heavy atom. The van der Waals surface area contributed by atoms with Crippen LogP contribution in [0.1, 0.15) is 23.0 Å². The normalized spacial score (nSPS) is 11.1. The van der Waals surface area contributed by atoms with E-state index in [1.807, 2.05) is 63.4 Å². The molecule has 2 aromatic heterocycles. The van der Waals surface area contributed by atoms with Crippen LogP contribution in [0, 0.1) is 6.92 Å². The smallest absolute Gasteiger partial charge is 0.259 e. The summed E-state index contributed by atoms with van der Waals surface area (Å²) >= 11 is 0. The highest BCUT2D eigenvalue weighted by Gasteiger charge is 2.15. The van der Waals surface area contributed by atoms with Crippen molar-refractivity contribution in [2.24, 2.45) is 7.05 Å². The predicted molar refractivity (Wildman–Crippen MR) is 106 cm³/mol. The number of aryl methyl sites for hydroxylation is 2. The number of benzene rings is 2. The van der Waals surface area contributed by atoms with Gasteiger partial charge in [0.05, 0.1) is 29.7 Å². The molecule has 0 aliphatic carbocycles. The number of carbonyl (C=O) groups excluding carboxylic acids is 1. The van der Waals surface area contributed by atoms with E-state index in [-0.39, 0.29) is 5.91 Å². The van der Waals surface area contributed by atoms with Gasteiger partial charge in [0.25, 0.3) is 5.91 Å². The maximum absolute atomic E-state index is 12.9. The molecule has 1 amide bonds. The molecule has 4 aromatic rings. The minimum Gasteiger partial charge on any atom is -0.493 e. The number of fused-ring (bicyclic) bond motifs is 2. The van der Waals surface area contributed by atoms with Crippen molar-refractivity contribution < 1.29 is 9.53 Å². The Morgan fingerprint density at radius 1 is 1.19 bits per heavy atom. The molecule has 0 saturated carbocycles. The van der Waals surface area contributed by atoms with Gasteiger partial charge in [-0.15, -0.1) is 0 Å². The molecule has 0 spiro atoms. The lowest BCUT2D eigenvalue weighted by Crippen LogP contribution is -2.14. The fraction of sp³-hybridized carbons (Fsp3) is 0.190. The Balaban J connectivity index is 1.72. The van der Waals surface area contributed by atoms with Gasteiger partial charge in [-0.05, 0) is 42.8 Å². The number of anilines is 1. The lowest BCUT2D eigenvalue weighted by Gasteiger charge is -2.12. The van der Waals surface area contributed by atoms with E-state index in [0.29, 0.717) is 23.6 Å². The van der Waals surface area contributed by atoms with Crippen LogP contribution in [0.5, 0.6) is 5.75 Å². The highest BCUT2D eigenvalue weighted by Crippen LogP contribution is 2.27. The van der Waals surface area contributed by atoms with E-state index in [1.165, 1.54) is 0 Å². The average molecular weight is 360 g/mol. The summed E-state index contributed by atoms with van der Waals surface area (Å²) in [5.74, 6) is 0.340. The second kappa shape index (κ2) is 6.72. The highest BCUT2D eigenvalue weighted by molar-refractivity contribution is 6.09. The van der Waals surface area contributed by atoms with Crippen molar-refractivity contribution in [1.29, 1.82) is 0 Å². The molecule has 1 N–H and O–H groups in total. The molecule has 0 aliphatic heterocycles. The van der Waals surface area contributed by atoms with Crippen LogP contribution in [0.3, 0.4) is 0 Å². The van der Waals surface area contributed by atoms with Crippen molar-refractivity contribution in [2.75, 3.05) is 11.9 Å². The monoisotopic (exact) mass is 360 g/mol. The van der Waals surface area contributed by atoms with Crippen LogP contribution in [0.2, 0.25) is 0 Å². The van der Waals surface area contributed by atoms with Crippen LogP contribution in [0.4, 0.5) is 5.69 Å². The van der Waals surface area contributed by atoms with Gasteiger partial charge >= 0.3 is 0 Å². The molecule has 2 heterocycles. The lowest BCUT2D eigenvalue weighted by molar-refractivity contribution is 0.102. The van der Waals surface area contributed by atoms with E-state index in [4.69, 9.17) is 4.74 Å². The summed E-state index contributed by atoms with van der Waals surface area (Å²) in [7, 11) is 1.85. The molecule has 0 aliphatic rings. The minimum absolute atomic E-state index is 0.230. The maximum atomic E-state index is 12.9. The van der Waals surface area contributed by atoms with Crippen molar-refractivity contribution >= 4 is 33.4 Å². The van der Waals surface area contributed by atoms with Crippen molar-refractivity contribution in [1.82, 2.24) is 14.8 Å². The zero-order valence-corrected chi connectivity index (χ0v) is 15.5. The summed E-state index contributed by atoms with van der Waals surface area (Å²) in [5.41, 5.74) is 2.78. The lowest BCUT2D eigenvalue weighted by atomic mass is 10.1. The van der Waals surface area contributed by atoms with Gasteiger partial charge in [-0.1, -0.05) is 24.3 Å². The van der Waals surface area contributed by atoms with Gasteiger partial charge in [-0.2, -0.15) is 5.10 Å². The van der Waals surface area contributed by atoms with Crippen LogP contribution in [-0.4, -0.2) is 27.3 Å². The van der Waals surface area contributed by atoms with E-state index in [9.17, 15) is 4.79 Å². The number of hydrogen-bond acceptors (Lipinski definition) is 4. The topological polar surface area (TPSA) is 69.0 Å². The summed E-state index contributed by atoms with van der Waals surface area (Å²) < 4.78 is 7.44. The summed E-state index contributed by atoms with van der Waals surface area (Å²) in [6, 6.07) is 13.6. The molecule has 0 bridgehead atoms. The first-order chi connectivity index (χ1) is 13.1. The van der Waals surface area contributed by atoms with Crippen molar-refractivity contribution in [3.8, 4) is 5.75 Å². The van der Waals surface area contributed by atoms with Crippen molar-refractivity contribution in [3.63, 3.8) is 0 Å². The zero-order valence-electron chi connectivity index (χ0n) is 15.5. The summed E-state index contributed by atoms with van der Waals surface area (Å²) in [6.45, 7) is 4.31. The molecular formula is C21H20N4O2. The Bertz CT molecular complexity index is 1160. The standard InChI is InChI=1S/C21H20N4O2/c1-4-27-19-10-15-8-6-5-7-14(15)9-18(19)21(26)23-16-11-17-13(2)24-25(3)20(17)22-12-16/h5-12H,4H2,1-3H3,(H,23,26). The number of aromatic nitrogens is 3. The number of hydrogen-bond donors (Lipinski definition) is 1. The Morgan fingerprint density at radius 2 is 1.93 bits per heavy atom. The Hall–Kier alpha value is -3.41. The zero-order chi connectivity index (χ0) is 19.0. The summed E-state index contributed by atoms with van der Waals surface area (Å²) in [4.78, 5) is 17.4. The number of carbonyl (C=O) groups is 1. The summed E-state index contributed by atoms with van der Waals surface area (Å²) in [5, 5.41) is 10.2. The number of ether oxygens (including phenoxy) is 1. The Kier molecular flexibility index (Phi) is 4.24. The maximum Gasteiger partial charge on any atom is 0.259 e. The molecule has 136 valence electrons. The van der Waals surface area contributed by atoms with Gasteiger partial charge < -0.3 is 10.1 Å². The molecule has 0 saturated heterocycles. The van der Waals surface area contributed by atoms with Gasteiger partial charge in [0.15, 0.2) is 5.65 Å². The van der Waals surface area contributed by atoms with Gasteiger partial charge in [-0.25, -0.2) is 4.98 Å². The molecule has 0 atom stereocenters.